The Balaban J connectivity index is 1.78. The van der Waals surface area contributed by atoms with Crippen molar-refractivity contribution in [2.75, 3.05) is 25.0 Å². The number of nitrogens with zero attached hydrogens (tertiary/aromatic N) is 2. The van der Waals surface area contributed by atoms with Gasteiger partial charge in [-0.15, -0.1) is 0 Å². The van der Waals surface area contributed by atoms with Gasteiger partial charge in [0.2, 0.25) is 5.91 Å². The molecule has 92 valence electrons. The van der Waals surface area contributed by atoms with E-state index in [1.54, 1.807) is 12.4 Å². The summed E-state index contributed by atoms with van der Waals surface area (Å²) >= 11 is 0. The molecule has 0 aromatic carbocycles. The Hall–Kier alpha value is -1.62. The van der Waals surface area contributed by atoms with Crippen LogP contribution in [0.15, 0.2) is 24.5 Å². The first-order valence-corrected chi connectivity index (χ1v) is 5.91. The van der Waals surface area contributed by atoms with Gasteiger partial charge >= 0.3 is 0 Å². The molecule has 0 radical (unpaired) electrons. The molecule has 3 N–H and O–H groups in total. The maximum Gasteiger partial charge on any atom is 0.231 e. The molecule has 5 nitrogen and oxygen atoms in total. The van der Waals surface area contributed by atoms with Gasteiger partial charge in [-0.3, -0.25) is 14.7 Å². The van der Waals surface area contributed by atoms with Crippen molar-refractivity contribution < 1.29 is 4.79 Å². The van der Waals surface area contributed by atoms with Gasteiger partial charge in [-0.1, -0.05) is 0 Å². The number of hydrogen-bond acceptors (Lipinski definition) is 4. The molecule has 0 atom stereocenters. The average molecular weight is 234 g/mol. The number of hydrogen-bond donors (Lipinski definition) is 2. The molecule has 0 saturated carbocycles. The summed E-state index contributed by atoms with van der Waals surface area (Å²) in [6.07, 6.45) is 5.64. The Morgan fingerprint density at radius 1 is 1.41 bits per heavy atom. The number of rotatable bonds is 4. The summed E-state index contributed by atoms with van der Waals surface area (Å²) in [7, 11) is 0. The van der Waals surface area contributed by atoms with Crippen molar-refractivity contribution in [3.05, 3.63) is 24.5 Å². The molecular weight excluding hydrogens is 216 g/mol. The molecule has 1 aliphatic heterocycles. The van der Waals surface area contributed by atoms with Crippen LogP contribution in [0.4, 0.5) is 5.69 Å². The molecular formula is C12H18N4O. The Labute approximate surface area is 101 Å². The molecule has 1 aliphatic rings. The first-order chi connectivity index (χ1) is 8.24. The third-order valence-electron chi connectivity index (χ3n) is 3.02. The van der Waals surface area contributed by atoms with Crippen molar-refractivity contribution >= 4 is 11.6 Å². The van der Waals surface area contributed by atoms with Crippen LogP contribution in [0.1, 0.15) is 12.8 Å². The van der Waals surface area contributed by atoms with E-state index in [9.17, 15) is 4.79 Å². The largest absolute Gasteiger partial charge is 0.382 e. The van der Waals surface area contributed by atoms with Gasteiger partial charge in [0.25, 0.3) is 0 Å². The van der Waals surface area contributed by atoms with Crippen molar-refractivity contribution in [3.8, 4) is 0 Å². The molecule has 1 fully saturated rings. The highest BCUT2D eigenvalue weighted by Gasteiger charge is 2.19. The molecule has 5 heteroatoms. The van der Waals surface area contributed by atoms with Crippen molar-refractivity contribution in [3.63, 3.8) is 0 Å². The van der Waals surface area contributed by atoms with Crippen molar-refractivity contribution in [2.45, 2.75) is 18.9 Å². The van der Waals surface area contributed by atoms with Crippen LogP contribution in [0.3, 0.4) is 0 Å². The van der Waals surface area contributed by atoms with E-state index < -0.39 is 0 Å². The molecule has 1 amide bonds. The second kappa shape index (κ2) is 5.63. The smallest absolute Gasteiger partial charge is 0.231 e. The summed E-state index contributed by atoms with van der Waals surface area (Å²) in [6.45, 7) is 2.22. The third-order valence-corrected chi connectivity index (χ3v) is 3.02. The first kappa shape index (κ1) is 11.9. The number of nitrogens with two attached hydrogens (primary N) is 1. The minimum Gasteiger partial charge on any atom is -0.382 e. The maximum atomic E-state index is 10.8. The molecule has 0 bridgehead atoms. The fraction of sp³-hybridized carbons (Fsp3) is 0.500. The lowest BCUT2D eigenvalue weighted by atomic mass is 10.0. The van der Waals surface area contributed by atoms with Gasteiger partial charge in [0.15, 0.2) is 0 Å². The summed E-state index contributed by atoms with van der Waals surface area (Å²) in [5.74, 6) is -0.245. The number of piperidine rings is 1. The molecule has 0 aliphatic carbocycles. The zero-order valence-corrected chi connectivity index (χ0v) is 9.80. The first-order valence-electron chi connectivity index (χ1n) is 5.91. The lowest BCUT2D eigenvalue weighted by molar-refractivity contribution is -0.119. The Morgan fingerprint density at radius 2 is 2.06 bits per heavy atom. The van der Waals surface area contributed by atoms with Gasteiger partial charge in [0.05, 0.1) is 6.54 Å². The number of amides is 1. The van der Waals surface area contributed by atoms with Crippen LogP contribution in [-0.4, -0.2) is 41.5 Å². The van der Waals surface area contributed by atoms with Crippen LogP contribution in [0.25, 0.3) is 0 Å². The van der Waals surface area contributed by atoms with Gasteiger partial charge in [0, 0.05) is 37.2 Å². The zero-order valence-electron chi connectivity index (χ0n) is 9.80. The van der Waals surface area contributed by atoms with Gasteiger partial charge < -0.3 is 11.1 Å². The highest BCUT2D eigenvalue weighted by atomic mass is 16.1. The standard InChI is InChI=1S/C12H18N4O/c13-12(17)9-16-7-3-11(4-8-16)15-10-1-5-14-6-2-10/h1-2,5-6,11H,3-4,7-9H2,(H2,13,17)(H,14,15). The fourth-order valence-electron chi connectivity index (χ4n) is 2.14. The van der Waals surface area contributed by atoms with Gasteiger partial charge in [-0.25, -0.2) is 0 Å². The van der Waals surface area contributed by atoms with Crippen molar-refractivity contribution in [1.82, 2.24) is 9.88 Å². The fourth-order valence-corrected chi connectivity index (χ4v) is 2.14. The molecule has 2 heterocycles. The Bertz CT molecular complexity index is 360. The molecule has 0 unspecified atom stereocenters. The molecule has 17 heavy (non-hydrogen) atoms. The lowest BCUT2D eigenvalue weighted by Crippen LogP contribution is -2.42. The summed E-state index contributed by atoms with van der Waals surface area (Å²) in [4.78, 5) is 16.9. The Morgan fingerprint density at radius 3 is 2.65 bits per heavy atom. The van der Waals surface area contributed by atoms with Gasteiger partial charge in [-0.05, 0) is 25.0 Å². The van der Waals surface area contributed by atoms with Crippen LogP contribution in [0, 0.1) is 0 Å². The minimum atomic E-state index is -0.245. The second-order valence-corrected chi connectivity index (χ2v) is 4.40. The van der Waals surface area contributed by atoms with Crippen molar-refractivity contribution in [2.24, 2.45) is 5.73 Å². The molecule has 1 saturated heterocycles. The maximum absolute atomic E-state index is 10.8. The number of pyridine rings is 1. The molecule has 1 aromatic rings. The van der Waals surface area contributed by atoms with Gasteiger partial charge in [-0.2, -0.15) is 0 Å². The molecule has 0 spiro atoms. The van der Waals surface area contributed by atoms with E-state index in [-0.39, 0.29) is 5.91 Å². The summed E-state index contributed by atoms with van der Waals surface area (Å²) in [5, 5.41) is 3.47. The number of likely N-dealkylation sites (tertiary alicyclic amines) is 1. The zero-order chi connectivity index (χ0) is 12.1. The predicted octanol–water partition coefficient (Wildman–Crippen LogP) is 0.443. The summed E-state index contributed by atoms with van der Waals surface area (Å²) in [5.41, 5.74) is 6.28. The molecule has 1 aromatic heterocycles. The van der Waals surface area contributed by atoms with E-state index in [1.807, 2.05) is 12.1 Å². The highest BCUT2D eigenvalue weighted by Crippen LogP contribution is 2.15. The predicted molar refractivity (Wildman–Crippen MR) is 66.5 cm³/mol. The van der Waals surface area contributed by atoms with Crippen LogP contribution in [-0.2, 0) is 4.79 Å². The van der Waals surface area contributed by atoms with E-state index >= 15 is 0 Å². The van der Waals surface area contributed by atoms with Crippen LogP contribution >= 0.6 is 0 Å². The van der Waals surface area contributed by atoms with E-state index in [2.05, 4.69) is 15.2 Å². The van der Waals surface area contributed by atoms with Crippen molar-refractivity contribution in [1.29, 1.82) is 0 Å². The van der Waals surface area contributed by atoms with E-state index in [0.29, 0.717) is 12.6 Å². The number of nitrogens with one attached hydrogen (secondary N) is 1. The normalized spacial score (nSPS) is 17.9. The minimum absolute atomic E-state index is 0.245. The van der Waals surface area contributed by atoms with Crippen LogP contribution in [0.2, 0.25) is 0 Å². The van der Waals surface area contributed by atoms with E-state index in [4.69, 9.17) is 5.73 Å². The second-order valence-electron chi connectivity index (χ2n) is 4.40. The highest BCUT2D eigenvalue weighted by molar-refractivity contribution is 5.75. The third kappa shape index (κ3) is 3.71. The monoisotopic (exact) mass is 234 g/mol. The van der Waals surface area contributed by atoms with Gasteiger partial charge in [0.1, 0.15) is 0 Å². The Kier molecular flexibility index (Phi) is 3.93. The topological polar surface area (TPSA) is 71.2 Å². The van der Waals surface area contributed by atoms with E-state index in [1.165, 1.54) is 0 Å². The summed E-state index contributed by atoms with van der Waals surface area (Å²) in [6, 6.07) is 4.41. The number of carbonyl (C=O) groups excluding carboxylic acids is 1. The average Bonchev–Trinajstić information content (AvgIpc) is 2.32. The summed E-state index contributed by atoms with van der Waals surface area (Å²) < 4.78 is 0. The number of carbonyl (C=O) groups is 1. The van der Waals surface area contributed by atoms with Crippen LogP contribution < -0.4 is 11.1 Å². The number of primary amides is 1. The molecule has 2 rings (SSSR count). The van der Waals surface area contributed by atoms with E-state index in [0.717, 1.165) is 31.6 Å². The number of aromatic nitrogens is 1. The lowest BCUT2D eigenvalue weighted by Gasteiger charge is -2.31. The quantitative estimate of drug-likeness (QED) is 0.793. The SMILES string of the molecule is NC(=O)CN1CCC(Nc2ccncc2)CC1. The number of anilines is 1. The van der Waals surface area contributed by atoms with Crippen LogP contribution in [0.5, 0.6) is 0 Å².